The van der Waals surface area contributed by atoms with Gasteiger partial charge in [0, 0.05) is 30.7 Å². The first-order chi connectivity index (χ1) is 10.2. The quantitative estimate of drug-likeness (QED) is 0.917. The van der Waals surface area contributed by atoms with E-state index in [1.165, 1.54) is 5.75 Å². The van der Waals surface area contributed by atoms with Gasteiger partial charge >= 0.3 is 0 Å². The zero-order valence-corrected chi connectivity index (χ0v) is 13.9. The largest absolute Gasteiger partial charge is 0.488 e. The lowest BCUT2D eigenvalue weighted by atomic mass is 9.91. The van der Waals surface area contributed by atoms with Crippen molar-refractivity contribution >= 4 is 23.4 Å². The Balaban J connectivity index is 1.74. The Morgan fingerprint density at radius 1 is 1.52 bits per heavy atom. The topological polar surface area (TPSA) is 30.5 Å². The van der Waals surface area contributed by atoms with E-state index in [4.69, 9.17) is 21.1 Å². The highest BCUT2D eigenvalue weighted by molar-refractivity contribution is 7.99. The molecule has 0 radical (unpaired) electrons. The number of thioether (sulfide) groups is 1. The van der Waals surface area contributed by atoms with Gasteiger partial charge in [0.25, 0.3) is 0 Å². The third-order valence-corrected chi connectivity index (χ3v) is 5.74. The Morgan fingerprint density at radius 3 is 3.19 bits per heavy atom. The Bertz CT molecular complexity index is 491. The Morgan fingerprint density at radius 2 is 2.43 bits per heavy atom. The molecule has 2 aliphatic rings. The van der Waals surface area contributed by atoms with Gasteiger partial charge in [-0.15, -0.1) is 0 Å². The van der Waals surface area contributed by atoms with Crippen LogP contribution in [0.25, 0.3) is 0 Å². The number of benzene rings is 1. The van der Waals surface area contributed by atoms with Crippen LogP contribution in [-0.4, -0.2) is 36.9 Å². The number of para-hydroxylation sites is 1. The number of hydrogen-bond donors (Lipinski definition) is 1. The summed E-state index contributed by atoms with van der Waals surface area (Å²) in [5.41, 5.74) is 1.16. The number of hydrogen-bond acceptors (Lipinski definition) is 4. The molecule has 5 heteroatoms. The van der Waals surface area contributed by atoms with Crippen molar-refractivity contribution in [2.45, 2.75) is 37.5 Å². The van der Waals surface area contributed by atoms with Gasteiger partial charge in [0.2, 0.25) is 0 Å². The van der Waals surface area contributed by atoms with Gasteiger partial charge < -0.3 is 14.8 Å². The standard InChI is InChI=1S/C16H22ClNO2S/c1-18-10-12-3-2-4-14(17)15(12)20-13-5-7-19-16(9-13)6-8-21-11-16/h2-4,13,18H,5-11H2,1H3. The monoisotopic (exact) mass is 327 g/mol. The molecule has 2 saturated heterocycles. The fourth-order valence-corrected chi connectivity index (χ4v) is 4.75. The van der Waals surface area contributed by atoms with E-state index in [-0.39, 0.29) is 11.7 Å². The van der Waals surface area contributed by atoms with Crippen molar-refractivity contribution in [1.29, 1.82) is 0 Å². The molecular weight excluding hydrogens is 306 g/mol. The molecule has 1 aromatic rings. The van der Waals surface area contributed by atoms with Crippen molar-refractivity contribution in [1.82, 2.24) is 5.32 Å². The van der Waals surface area contributed by atoms with Crippen molar-refractivity contribution in [3.05, 3.63) is 28.8 Å². The first kappa shape index (κ1) is 15.5. The molecule has 2 fully saturated rings. The first-order valence-corrected chi connectivity index (χ1v) is 9.06. The molecule has 3 nitrogen and oxygen atoms in total. The second kappa shape index (κ2) is 6.78. The SMILES string of the molecule is CNCc1cccc(Cl)c1OC1CCOC2(CCSC2)C1. The van der Waals surface area contributed by atoms with Gasteiger partial charge in [-0.05, 0) is 25.3 Å². The zero-order chi connectivity index (χ0) is 14.7. The second-order valence-electron chi connectivity index (χ2n) is 5.83. The van der Waals surface area contributed by atoms with Crippen LogP contribution in [0.15, 0.2) is 18.2 Å². The summed E-state index contributed by atoms with van der Waals surface area (Å²) in [6.07, 6.45) is 3.26. The molecular formula is C16H22ClNO2S. The van der Waals surface area contributed by atoms with E-state index >= 15 is 0 Å². The molecule has 2 aliphatic heterocycles. The van der Waals surface area contributed by atoms with Gasteiger partial charge in [-0.25, -0.2) is 0 Å². The molecule has 21 heavy (non-hydrogen) atoms. The molecule has 0 bridgehead atoms. The van der Waals surface area contributed by atoms with Crippen LogP contribution in [0, 0.1) is 0 Å². The summed E-state index contributed by atoms with van der Waals surface area (Å²) in [5, 5.41) is 3.87. The molecule has 3 rings (SSSR count). The van der Waals surface area contributed by atoms with Gasteiger partial charge in [0.05, 0.1) is 17.2 Å². The van der Waals surface area contributed by atoms with Crippen LogP contribution in [0.5, 0.6) is 5.75 Å². The number of halogens is 1. The average Bonchev–Trinajstić information content (AvgIpc) is 2.91. The maximum absolute atomic E-state index is 6.35. The van der Waals surface area contributed by atoms with Crippen LogP contribution in [0.1, 0.15) is 24.8 Å². The third-order valence-electron chi connectivity index (χ3n) is 4.22. The predicted molar refractivity (Wildman–Crippen MR) is 88.5 cm³/mol. The first-order valence-electron chi connectivity index (χ1n) is 7.53. The van der Waals surface area contributed by atoms with Crippen LogP contribution in [-0.2, 0) is 11.3 Å². The van der Waals surface area contributed by atoms with Gasteiger partial charge in [-0.3, -0.25) is 0 Å². The summed E-state index contributed by atoms with van der Waals surface area (Å²) in [5.74, 6) is 3.13. The zero-order valence-electron chi connectivity index (χ0n) is 12.4. The van der Waals surface area contributed by atoms with Crippen molar-refractivity contribution in [3.63, 3.8) is 0 Å². The minimum atomic E-state index is 0.0397. The molecule has 1 N–H and O–H groups in total. The van der Waals surface area contributed by atoms with Gasteiger partial charge in [0.15, 0.2) is 0 Å². The number of ether oxygens (including phenoxy) is 2. The Labute approximate surface area is 135 Å². The van der Waals surface area contributed by atoms with Crippen molar-refractivity contribution in [2.75, 3.05) is 25.2 Å². The van der Waals surface area contributed by atoms with E-state index in [1.54, 1.807) is 0 Å². The molecule has 1 spiro atoms. The van der Waals surface area contributed by atoms with E-state index in [9.17, 15) is 0 Å². The van der Waals surface area contributed by atoms with Gasteiger partial charge in [-0.1, -0.05) is 23.7 Å². The summed E-state index contributed by atoms with van der Waals surface area (Å²) in [6, 6.07) is 5.94. The molecule has 2 atom stereocenters. The maximum atomic E-state index is 6.35. The molecule has 0 saturated carbocycles. The van der Waals surface area contributed by atoms with Crippen molar-refractivity contribution < 1.29 is 9.47 Å². The molecule has 0 aromatic heterocycles. The summed E-state index contributed by atoms with van der Waals surface area (Å²) in [7, 11) is 1.93. The maximum Gasteiger partial charge on any atom is 0.142 e. The Kier molecular flexibility index (Phi) is 4.99. The molecule has 0 aliphatic carbocycles. The van der Waals surface area contributed by atoms with E-state index in [0.29, 0.717) is 5.02 Å². The van der Waals surface area contributed by atoms with Crippen LogP contribution in [0.3, 0.4) is 0 Å². The van der Waals surface area contributed by atoms with Gasteiger partial charge in [0.1, 0.15) is 11.9 Å². The van der Waals surface area contributed by atoms with Gasteiger partial charge in [-0.2, -0.15) is 11.8 Å². The summed E-state index contributed by atoms with van der Waals surface area (Å²) >= 11 is 8.33. The summed E-state index contributed by atoms with van der Waals surface area (Å²) in [6.45, 7) is 1.55. The lowest BCUT2D eigenvalue weighted by molar-refractivity contribution is -0.0960. The van der Waals surface area contributed by atoms with E-state index in [1.807, 2.05) is 30.9 Å². The fourth-order valence-electron chi connectivity index (χ4n) is 3.13. The highest BCUT2D eigenvalue weighted by Crippen LogP contribution is 2.40. The Hall–Kier alpha value is -0.420. The molecule has 116 valence electrons. The smallest absolute Gasteiger partial charge is 0.142 e. The van der Waals surface area contributed by atoms with Crippen LogP contribution in [0.2, 0.25) is 5.02 Å². The third kappa shape index (κ3) is 3.50. The van der Waals surface area contributed by atoms with Crippen molar-refractivity contribution in [2.24, 2.45) is 0 Å². The minimum absolute atomic E-state index is 0.0397. The van der Waals surface area contributed by atoms with Crippen molar-refractivity contribution in [3.8, 4) is 5.75 Å². The van der Waals surface area contributed by atoms with E-state index in [0.717, 1.165) is 49.5 Å². The van der Waals surface area contributed by atoms with E-state index < -0.39 is 0 Å². The summed E-state index contributed by atoms with van der Waals surface area (Å²) < 4.78 is 12.4. The summed E-state index contributed by atoms with van der Waals surface area (Å²) in [4.78, 5) is 0. The minimum Gasteiger partial charge on any atom is -0.488 e. The highest BCUT2D eigenvalue weighted by Gasteiger charge is 2.41. The molecule has 1 aromatic carbocycles. The number of rotatable bonds is 4. The molecule has 2 unspecified atom stereocenters. The number of nitrogens with one attached hydrogen (secondary N) is 1. The lowest BCUT2D eigenvalue weighted by Gasteiger charge is -2.38. The normalized spacial score (nSPS) is 29.0. The fraction of sp³-hybridized carbons (Fsp3) is 0.625. The van der Waals surface area contributed by atoms with Crippen LogP contribution >= 0.6 is 23.4 Å². The molecule has 2 heterocycles. The average molecular weight is 328 g/mol. The lowest BCUT2D eigenvalue weighted by Crippen LogP contribution is -2.44. The van der Waals surface area contributed by atoms with Crippen LogP contribution in [0.4, 0.5) is 0 Å². The highest BCUT2D eigenvalue weighted by atomic mass is 35.5. The van der Waals surface area contributed by atoms with E-state index in [2.05, 4.69) is 11.4 Å². The predicted octanol–water partition coefficient (Wildman–Crippen LogP) is 3.49. The molecule has 0 amide bonds. The van der Waals surface area contributed by atoms with Crippen LogP contribution < -0.4 is 10.1 Å². The second-order valence-corrected chi connectivity index (χ2v) is 7.34.